The molecule has 3 aromatic heterocycles. The van der Waals surface area contributed by atoms with Crippen LogP contribution in [0.2, 0.25) is 0 Å². The van der Waals surface area contributed by atoms with Crippen LogP contribution in [0.1, 0.15) is 49.4 Å². The van der Waals surface area contributed by atoms with Crippen LogP contribution >= 0.6 is 0 Å². The molecule has 160 valence electrons. The van der Waals surface area contributed by atoms with E-state index in [0.717, 1.165) is 50.4 Å². The van der Waals surface area contributed by atoms with Crippen LogP contribution in [-0.4, -0.2) is 42.5 Å². The first-order valence-electron chi connectivity index (χ1n) is 11.2. The highest BCUT2D eigenvalue weighted by molar-refractivity contribution is 5.57. The molecule has 31 heavy (non-hydrogen) atoms. The molecule has 0 N–H and O–H groups in total. The molecule has 0 radical (unpaired) electrons. The molecule has 4 heterocycles. The lowest BCUT2D eigenvalue weighted by molar-refractivity contribution is 0.166. The molecular formula is C24H28N6O. The molecule has 0 bridgehead atoms. The molecule has 2 fully saturated rings. The average Bonchev–Trinajstić information content (AvgIpc) is 2.77. The van der Waals surface area contributed by atoms with E-state index in [1.807, 2.05) is 24.5 Å². The van der Waals surface area contributed by atoms with Crippen molar-refractivity contribution in [2.75, 3.05) is 13.1 Å². The number of hydrogen-bond donors (Lipinski definition) is 0. The third-order valence-electron chi connectivity index (χ3n) is 6.62. The van der Waals surface area contributed by atoms with Crippen LogP contribution in [0.3, 0.4) is 0 Å². The third-order valence-corrected chi connectivity index (χ3v) is 6.62. The van der Waals surface area contributed by atoms with E-state index in [0.29, 0.717) is 17.5 Å². The fourth-order valence-electron chi connectivity index (χ4n) is 4.43. The van der Waals surface area contributed by atoms with Crippen molar-refractivity contribution < 1.29 is 0 Å². The highest BCUT2D eigenvalue weighted by Gasteiger charge is 2.23. The fraction of sp³-hybridized carbons (Fsp3) is 0.458. The highest BCUT2D eigenvalue weighted by Crippen LogP contribution is 2.34. The summed E-state index contributed by atoms with van der Waals surface area (Å²) in [5, 5.41) is 0. The standard InChI is InChI=1S/C24H28N6O/c31-23-12-22(20-4-8-25-9-5-20)28-17-30(23)16-18-6-10-29(11-7-18)15-19-13-26-24(27-14-19)21-2-1-3-21/h4-5,8-9,12-14,17-18,21H,1-3,6-7,10-11,15-16H2. The topological polar surface area (TPSA) is 76.8 Å². The Morgan fingerprint density at radius 1 is 0.968 bits per heavy atom. The lowest BCUT2D eigenvalue weighted by Gasteiger charge is -2.32. The van der Waals surface area contributed by atoms with E-state index in [1.54, 1.807) is 29.4 Å². The van der Waals surface area contributed by atoms with Gasteiger partial charge in [-0.2, -0.15) is 0 Å². The molecule has 0 atom stereocenters. The van der Waals surface area contributed by atoms with Crippen molar-refractivity contribution in [1.82, 2.24) is 29.4 Å². The second-order valence-electron chi connectivity index (χ2n) is 8.80. The zero-order valence-corrected chi connectivity index (χ0v) is 17.7. The molecule has 1 saturated heterocycles. The summed E-state index contributed by atoms with van der Waals surface area (Å²) in [6.07, 6.45) is 15.1. The second-order valence-corrected chi connectivity index (χ2v) is 8.80. The lowest BCUT2D eigenvalue weighted by Crippen LogP contribution is -2.36. The van der Waals surface area contributed by atoms with Gasteiger partial charge in [-0.05, 0) is 56.8 Å². The van der Waals surface area contributed by atoms with Crippen LogP contribution in [0, 0.1) is 5.92 Å². The lowest BCUT2D eigenvalue weighted by atomic mass is 9.85. The van der Waals surface area contributed by atoms with Crippen molar-refractivity contribution in [1.29, 1.82) is 0 Å². The van der Waals surface area contributed by atoms with Gasteiger partial charge in [-0.25, -0.2) is 15.0 Å². The summed E-state index contributed by atoms with van der Waals surface area (Å²) < 4.78 is 1.75. The molecule has 3 aromatic rings. The number of piperidine rings is 1. The second kappa shape index (κ2) is 9.06. The normalized spacial score (nSPS) is 18.1. The van der Waals surface area contributed by atoms with E-state index >= 15 is 0 Å². The fourth-order valence-corrected chi connectivity index (χ4v) is 4.43. The third kappa shape index (κ3) is 4.71. The van der Waals surface area contributed by atoms with Gasteiger partial charge in [0.1, 0.15) is 5.82 Å². The highest BCUT2D eigenvalue weighted by atomic mass is 16.1. The van der Waals surface area contributed by atoms with E-state index in [-0.39, 0.29) is 5.56 Å². The molecule has 0 aromatic carbocycles. The summed E-state index contributed by atoms with van der Waals surface area (Å²) in [6, 6.07) is 5.36. The van der Waals surface area contributed by atoms with Gasteiger partial charge in [0.15, 0.2) is 0 Å². The first-order valence-corrected chi connectivity index (χ1v) is 11.2. The summed E-state index contributed by atoms with van der Waals surface area (Å²) in [7, 11) is 0. The van der Waals surface area contributed by atoms with Gasteiger partial charge in [0.2, 0.25) is 0 Å². The summed E-state index contributed by atoms with van der Waals surface area (Å²) >= 11 is 0. The first-order chi connectivity index (χ1) is 15.2. The predicted octanol–water partition coefficient (Wildman–Crippen LogP) is 3.28. The van der Waals surface area contributed by atoms with Crippen molar-refractivity contribution >= 4 is 0 Å². The molecule has 0 amide bonds. The minimum absolute atomic E-state index is 0.00735. The molecule has 1 saturated carbocycles. The van der Waals surface area contributed by atoms with Gasteiger partial charge in [-0.15, -0.1) is 0 Å². The Balaban J connectivity index is 1.13. The Labute approximate surface area is 182 Å². The van der Waals surface area contributed by atoms with Crippen LogP contribution in [0.4, 0.5) is 0 Å². The van der Waals surface area contributed by atoms with Gasteiger partial charge in [0.25, 0.3) is 5.56 Å². The van der Waals surface area contributed by atoms with Gasteiger partial charge in [-0.1, -0.05) is 6.42 Å². The van der Waals surface area contributed by atoms with Gasteiger partial charge >= 0.3 is 0 Å². The predicted molar refractivity (Wildman–Crippen MR) is 118 cm³/mol. The van der Waals surface area contributed by atoms with Gasteiger partial charge in [-0.3, -0.25) is 19.2 Å². The summed E-state index contributed by atoms with van der Waals surface area (Å²) in [5.74, 6) is 2.10. The summed E-state index contributed by atoms with van der Waals surface area (Å²) in [5.41, 5.74) is 2.81. The van der Waals surface area contributed by atoms with Gasteiger partial charge in [0, 0.05) is 61.0 Å². The number of hydrogen-bond acceptors (Lipinski definition) is 6. The quantitative estimate of drug-likeness (QED) is 0.614. The maximum atomic E-state index is 12.6. The van der Waals surface area contributed by atoms with Gasteiger partial charge < -0.3 is 0 Å². The Morgan fingerprint density at radius 2 is 1.71 bits per heavy atom. The molecule has 2 aliphatic rings. The van der Waals surface area contributed by atoms with Crippen molar-refractivity contribution in [3.8, 4) is 11.3 Å². The SMILES string of the molecule is O=c1cc(-c2ccncc2)ncn1CC1CCN(Cc2cnc(C3CCC3)nc2)CC1. The maximum absolute atomic E-state index is 12.6. The average molecular weight is 417 g/mol. The zero-order valence-electron chi connectivity index (χ0n) is 17.7. The number of pyridine rings is 1. The van der Waals surface area contributed by atoms with E-state index in [1.165, 1.54) is 24.8 Å². The van der Waals surface area contributed by atoms with Gasteiger partial charge in [0.05, 0.1) is 12.0 Å². The van der Waals surface area contributed by atoms with Crippen LogP contribution in [0.15, 0.2) is 54.1 Å². The zero-order chi connectivity index (χ0) is 21.0. The number of aromatic nitrogens is 5. The molecular weight excluding hydrogens is 388 g/mol. The van der Waals surface area contributed by atoms with Crippen LogP contribution in [0.5, 0.6) is 0 Å². The molecule has 1 aliphatic carbocycles. The summed E-state index contributed by atoms with van der Waals surface area (Å²) in [6.45, 7) is 3.70. The van der Waals surface area contributed by atoms with Crippen LogP contribution in [0.25, 0.3) is 11.3 Å². The Kier molecular flexibility index (Phi) is 5.84. The van der Waals surface area contributed by atoms with E-state index in [9.17, 15) is 4.79 Å². The molecule has 0 spiro atoms. The minimum Gasteiger partial charge on any atom is -0.299 e. The van der Waals surface area contributed by atoms with E-state index < -0.39 is 0 Å². The Bertz CT molecular complexity index is 1050. The molecule has 1 aliphatic heterocycles. The molecule has 7 nitrogen and oxygen atoms in total. The Hall–Kier alpha value is -2.93. The minimum atomic E-state index is 0.00735. The van der Waals surface area contributed by atoms with Crippen molar-refractivity contribution in [3.05, 3.63) is 71.1 Å². The van der Waals surface area contributed by atoms with E-state index in [4.69, 9.17) is 0 Å². The smallest absolute Gasteiger partial charge is 0.253 e. The maximum Gasteiger partial charge on any atom is 0.253 e. The monoisotopic (exact) mass is 416 g/mol. The van der Waals surface area contributed by atoms with Crippen LogP contribution in [-0.2, 0) is 13.1 Å². The molecule has 5 rings (SSSR count). The van der Waals surface area contributed by atoms with Crippen molar-refractivity contribution in [2.24, 2.45) is 5.92 Å². The molecule has 0 unspecified atom stereocenters. The first kappa shape index (κ1) is 20.0. The number of rotatable bonds is 6. The number of likely N-dealkylation sites (tertiary alicyclic amines) is 1. The van der Waals surface area contributed by atoms with E-state index in [2.05, 4.69) is 24.8 Å². The van der Waals surface area contributed by atoms with Crippen molar-refractivity contribution in [2.45, 2.75) is 51.1 Å². The Morgan fingerprint density at radius 3 is 2.35 bits per heavy atom. The largest absolute Gasteiger partial charge is 0.299 e. The number of nitrogens with zero attached hydrogens (tertiary/aromatic N) is 6. The molecule has 7 heteroatoms. The van der Waals surface area contributed by atoms with Crippen molar-refractivity contribution in [3.63, 3.8) is 0 Å². The summed E-state index contributed by atoms with van der Waals surface area (Å²) in [4.78, 5) is 32.7. The van der Waals surface area contributed by atoms with Crippen LogP contribution < -0.4 is 5.56 Å².